The smallest absolute Gasteiger partial charge is 0.269 e. The van der Waals surface area contributed by atoms with Crippen molar-refractivity contribution in [2.75, 3.05) is 20.3 Å². The summed E-state index contributed by atoms with van der Waals surface area (Å²) in [7, 11) is 1.48. The Morgan fingerprint density at radius 1 is 1.21 bits per heavy atom. The van der Waals surface area contributed by atoms with Gasteiger partial charge in [-0.15, -0.1) is 0 Å². The monoisotopic (exact) mass is 651 g/mol. The largest absolute Gasteiger partial charge is 0.380 e. The molecule has 12 nitrogen and oxygen atoms in total. The summed E-state index contributed by atoms with van der Waals surface area (Å²) in [5.41, 5.74) is 6.67. The van der Waals surface area contributed by atoms with Crippen LogP contribution in [0.25, 0.3) is 22.3 Å². The molecule has 1 fully saturated rings. The lowest BCUT2D eigenvalue weighted by atomic mass is 9.81. The summed E-state index contributed by atoms with van der Waals surface area (Å²) in [4.78, 5) is 73.6. The number of rotatable bonds is 11. The zero-order valence-corrected chi connectivity index (χ0v) is 26.2. The molecule has 3 aromatic rings. The fourth-order valence-electron chi connectivity index (χ4n) is 7.20. The third-order valence-corrected chi connectivity index (χ3v) is 9.54. The molecule has 4 atom stereocenters. The van der Waals surface area contributed by atoms with Crippen LogP contribution in [0.1, 0.15) is 71.5 Å². The number of hydroxylamine groups is 1. The van der Waals surface area contributed by atoms with Crippen LogP contribution in [0.5, 0.6) is 0 Å². The van der Waals surface area contributed by atoms with Gasteiger partial charge in [0.25, 0.3) is 11.5 Å². The van der Waals surface area contributed by atoms with Gasteiger partial charge >= 0.3 is 0 Å². The molecule has 6 rings (SSSR count). The van der Waals surface area contributed by atoms with E-state index >= 15 is 4.39 Å². The Kier molecular flexibility index (Phi) is 8.90. The summed E-state index contributed by atoms with van der Waals surface area (Å²) >= 11 is 0. The summed E-state index contributed by atoms with van der Waals surface area (Å²) in [6.07, 6.45) is 1.01. The molecule has 2 aliphatic heterocycles. The van der Waals surface area contributed by atoms with Crippen molar-refractivity contribution in [1.29, 1.82) is 0 Å². The fourth-order valence-corrected chi connectivity index (χ4v) is 7.20. The SMILES string of the molecule is CCC(C=O)c1cc2n(c(=O)c1COC)Cc1c-2nc2cc(F)c(C)c3c2c1[C@@H](NC(=O)CONC(=O)[C@H]1[C@@H](F)CCN1C=O)CC3. The van der Waals surface area contributed by atoms with Crippen molar-refractivity contribution in [3.05, 3.63) is 61.7 Å². The van der Waals surface area contributed by atoms with Crippen LogP contribution in [0.15, 0.2) is 16.9 Å². The van der Waals surface area contributed by atoms with Crippen LogP contribution < -0.4 is 16.4 Å². The van der Waals surface area contributed by atoms with Crippen molar-refractivity contribution in [3.8, 4) is 11.4 Å². The second-order valence-corrected chi connectivity index (χ2v) is 12.2. The van der Waals surface area contributed by atoms with Gasteiger partial charge in [0.2, 0.25) is 12.3 Å². The van der Waals surface area contributed by atoms with Gasteiger partial charge in [0.15, 0.2) is 6.61 Å². The highest BCUT2D eigenvalue weighted by Gasteiger charge is 2.40. The molecular weight excluding hydrogens is 616 g/mol. The molecule has 14 heteroatoms. The number of aromatic nitrogens is 2. The van der Waals surface area contributed by atoms with Crippen LogP contribution in [0, 0.1) is 12.7 Å². The van der Waals surface area contributed by atoms with Gasteiger partial charge in [0, 0.05) is 42.2 Å². The zero-order chi connectivity index (χ0) is 33.6. The Balaban J connectivity index is 1.35. The van der Waals surface area contributed by atoms with E-state index in [9.17, 15) is 28.4 Å². The van der Waals surface area contributed by atoms with E-state index in [0.29, 0.717) is 75.8 Å². The number of carbonyl (C=O) groups excluding carboxylic acids is 4. The molecule has 2 aromatic heterocycles. The Hall–Kier alpha value is -4.56. The number of hydrogen-bond acceptors (Lipinski definition) is 8. The molecule has 1 aromatic carbocycles. The van der Waals surface area contributed by atoms with E-state index < -0.39 is 48.4 Å². The first-order valence-electron chi connectivity index (χ1n) is 15.5. The average molecular weight is 652 g/mol. The number of amides is 3. The third kappa shape index (κ3) is 5.48. The number of halogens is 2. The van der Waals surface area contributed by atoms with Crippen LogP contribution in [-0.4, -0.2) is 71.4 Å². The number of alkyl halides is 1. The van der Waals surface area contributed by atoms with Crippen molar-refractivity contribution >= 4 is 35.4 Å². The van der Waals surface area contributed by atoms with Gasteiger partial charge in [-0.1, -0.05) is 6.92 Å². The molecule has 4 heterocycles. The first-order chi connectivity index (χ1) is 22.6. The maximum absolute atomic E-state index is 15.1. The highest BCUT2D eigenvalue weighted by Crippen LogP contribution is 2.45. The summed E-state index contributed by atoms with van der Waals surface area (Å²) in [6.45, 7) is 3.21. The highest BCUT2D eigenvalue weighted by atomic mass is 19.1. The minimum Gasteiger partial charge on any atom is -0.380 e. The van der Waals surface area contributed by atoms with Gasteiger partial charge in [-0.2, -0.15) is 0 Å². The fraction of sp³-hybridized carbons (Fsp3) is 0.455. The molecule has 0 radical (unpaired) electrons. The maximum Gasteiger partial charge on any atom is 0.269 e. The number of hydrogen-bond donors (Lipinski definition) is 2. The molecule has 47 heavy (non-hydrogen) atoms. The van der Waals surface area contributed by atoms with E-state index in [4.69, 9.17) is 14.6 Å². The standard InChI is InChI=1S/C33H35F2N5O7/c1-4-17(12-41)19-9-26-30-20(11-40(26)33(45)21(19)13-46-3)29-24(6-5-18-16(2)23(35)10-25(37-30)28(18)29)36-27(43)14-47-38-32(44)31-22(34)7-8-39(31)15-42/h9-10,12,15,17,22,24,31H,4-8,11,13-14H2,1-3H3,(H,36,43)(H,38,44)/t17?,22-,24-,31+/m0/s1. The second kappa shape index (κ2) is 12.9. The Bertz CT molecular complexity index is 1860. The zero-order valence-electron chi connectivity index (χ0n) is 26.2. The predicted molar refractivity (Wildman–Crippen MR) is 164 cm³/mol. The molecule has 3 amide bonds. The molecule has 248 valence electrons. The number of benzene rings is 1. The van der Waals surface area contributed by atoms with Gasteiger partial charge in [-0.3, -0.25) is 24.0 Å². The lowest BCUT2D eigenvalue weighted by molar-refractivity contribution is -0.146. The van der Waals surface area contributed by atoms with Crippen LogP contribution >= 0.6 is 0 Å². The van der Waals surface area contributed by atoms with Gasteiger partial charge < -0.3 is 24.3 Å². The van der Waals surface area contributed by atoms with E-state index in [1.165, 1.54) is 13.2 Å². The Labute approximate surface area is 268 Å². The quantitative estimate of drug-likeness (QED) is 0.186. The second-order valence-electron chi connectivity index (χ2n) is 12.2. The van der Waals surface area contributed by atoms with E-state index in [2.05, 4.69) is 10.8 Å². The van der Waals surface area contributed by atoms with E-state index in [1.807, 2.05) is 6.92 Å². The number of aryl methyl sites for hydroxylation is 1. The van der Waals surface area contributed by atoms with Crippen molar-refractivity contribution in [2.24, 2.45) is 0 Å². The number of aldehydes is 1. The summed E-state index contributed by atoms with van der Waals surface area (Å²) in [5, 5.41) is 3.65. The maximum atomic E-state index is 15.1. The number of fused-ring (bicyclic) bond motifs is 4. The van der Waals surface area contributed by atoms with Crippen molar-refractivity contribution < 1.29 is 37.5 Å². The van der Waals surface area contributed by atoms with Crippen LogP contribution in [0.4, 0.5) is 8.78 Å². The normalized spacial score (nSPS) is 20.1. The van der Waals surface area contributed by atoms with Crippen LogP contribution in [0.3, 0.4) is 0 Å². The molecule has 1 aliphatic carbocycles. The predicted octanol–water partition coefficient (Wildman–Crippen LogP) is 2.43. The number of pyridine rings is 2. The first-order valence-corrected chi connectivity index (χ1v) is 15.5. The van der Waals surface area contributed by atoms with Gasteiger partial charge in [-0.05, 0) is 60.9 Å². The van der Waals surface area contributed by atoms with E-state index in [1.54, 1.807) is 17.6 Å². The number of nitrogens with one attached hydrogen (secondary N) is 2. The Morgan fingerprint density at radius 3 is 2.70 bits per heavy atom. The number of carbonyl (C=O) groups is 4. The topological polar surface area (TPSA) is 149 Å². The molecule has 0 saturated carbocycles. The number of ether oxygens (including phenoxy) is 1. The number of likely N-dealkylation sites (tertiary alicyclic amines) is 1. The van der Waals surface area contributed by atoms with Crippen LogP contribution in [-0.2, 0) is 48.3 Å². The highest BCUT2D eigenvalue weighted by molar-refractivity contribution is 5.93. The first kappa shape index (κ1) is 32.4. The molecule has 2 N–H and O–H groups in total. The minimum atomic E-state index is -1.55. The molecule has 1 unspecified atom stereocenters. The number of methoxy groups -OCH3 is 1. The molecule has 3 aliphatic rings. The van der Waals surface area contributed by atoms with Crippen molar-refractivity contribution in [3.63, 3.8) is 0 Å². The van der Waals surface area contributed by atoms with Crippen molar-refractivity contribution in [1.82, 2.24) is 25.2 Å². The average Bonchev–Trinajstić information content (AvgIpc) is 3.62. The van der Waals surface area contributed by atoms with E-state index in [0.717, 1.165) is 16.7 Å². The van der Waals surface area contributed by atoms with Crippen molar-refractivity contribution in [2.45, 2.75) is 76.9 Å². The summed E-state index contributed by atoms with van der Waals surface area (Å²) in [6, 6.07) is 1.23. The van der Waals surface area contributed by atoms with E-state index in [-0.39, 0.29) is 31.7 Å². The molecular formula is C33H35F2N5O7. The molecule has 1 saturated heterocycles. The lowest BCUT2D eigenvalue weighted by Crippen LogP contribution is -2.47. The summed E-state index contributed by atoms with van der Waals surface area (Å²) in [5.74, 6) is -2.40. The minimum absolute atomic E-state index is 0.0150. The number of nitrogens with zero attached hydrogens (tertiary/aromatic N) is 3. The lowest BCUT2D eigenvalue weighted by Gasteiger charge is -2.29. The summed E-state index contributed by atoms with van der Waals surface area (Å²) < 4.78 is 36.2. The van der Waals surface area contributed by atoms with Gasteiger partial charge in [0.1, 0.15) is 24.3 Å². The van der Waals surface area contributed by atoms with Gasteiger partial charge in [0.05, 0.1) is 36.1 Å². The third-order valence-electron chi connectivity index (χ3n) is 9.54. The Morgan fingerprint density at radius 2 is 2.00 bits per heavy atom. The van der Waals surface area contributed by atoms with Crippen LogP contribution in [0.2, 0.25) is 0 Å². The molecule has 0 bridgehead atoms. The van der Waals surface area contributed by atoms with Gasteiger partial charge in [-0.25, -0.2) is 19.2 Å². The molecule has 0 spiro atoms.